The van der Waals surface area contributed by atoms with Crippen LogP contribution < -0.4 is 4.74 Å². The fourth-order valence-electron chi connectivity index (χ4n) is 2.93. The van der Waals surface area contributed by atoms with Gasteiger partial charge in [0, 0.05) is 24.7 Å². The lowest BCUT2D eigenvalue weighted by atomic mass is 10.1. The fraction of sp³-hybridized carbons (Fsp3) is 0.294. The van der Waals surface area contributed by atoms with Gasteiger partial charge < -0.3 is 14.2 Å². The standard InChI is InChI=1S/C17H16FN5O3/c1-25-13-4-2-11(3-5-13)14-21-16(26-22-14)17(18)6-7-23(10-17)15(24)12-8-19-20-9-12/h2-5,8-9H,6-7,10H2,1H3,(H,19,20). The van der Waals surface area contributed by atoms with Gasteiger partial charge in [-0.3, -0.25) is 9.89 Å². The number of ether oxygens (including phenoxy) is 1. The molecule has 3 aromatic rings. The number of benzene rings is 1. The van der Waals surface area contributed by atoms with Crippen molar-refractivity contribution >= 4 is 5.91 Å². The van der Waals surface area contributed by atoms with Crippen molar-refractivity contribution in [2.24, 2.45) is 0 Å². The molecule has 1 N–H and O–H groups in total. The van der Waals surface area contributed by atoms with Gasteiger partial charge in [-0.1, -0.05) is 5.16 Å². The number of H-pyrrole nitrogens is 1. The van der Waals surface area contributed by atoms with Crippen LogP contribution in [0.15, 0.2) is 41.2 Å². The molecule has 0 radical (unpaired) electrons. The molecular formula is C17H16FN5O3. The highest BCUT2D eigenvalue weighted by Crippen LogP contribution is 2.36. The van der Waals surface area contributed by atoms with Crippen molar-refractivity contribution in [1.29, 1.82) is 0 Å². The van der Waals surface area contributed by atoms with Gasteiger partial charge in [0.1, 0.15) is 5.75 Å². The van der Waals surface area contributed by atoms with Crippen molar-refractivity contribution < 1.29 is 18.4 Å². The number of carbonyl (C=O) groups is 1. The van der Waals surface area contributed by atoms with Gasteiger partial charge in [0.25, 0.3) is 11.8 Å². The predicted octanol–water partition coefficient (Wildman–Crippen LogP) is 2.18. The Morgan fingerprint density at radius 3 is 2.88 bits per heavy atom. The van der Waals surface area contributed by atoms with Crippen molar-refractivity contribution in [1.82, 2.24) is 25.2 Å². The van der Waals surface area contributed by atoms with E-state index >= 15 is 4.39 Å². The summed E-state index contributed by atoms with van der Waals surface area (Å²) in [5, 5.41) is 10.2. The van der Waals surface area contributed by atoms with Crippen LogP contribution >= 0.6 is 0 Å². The van der Waals surface area contributed by atoms with E-state index in [1.54, 1.807) is 31.4 Å². The third-order valence-electron chi connectivity index (χ3n) is 4.41. The molecule has 1 aliphatic rings. The highest BCUT2D eigenvalue weighted by atomic mass is 19.1. The smallest absolute Gasteiger partial charge is 0.266 e. The maximum absolute atomic E-state index is 15.3. The third kappa shape index (κ3) is 2.81. The van der Waals surface area contributed by atoms with Gasteiger partial charge in [-0.2, -0.15) is 10.1 Å². The van der Waals surface area contributed by atoms with Crippen LogP contribution in [0, 0.1) is 0 Å². The Morgan fingerprint density at radius 1 is 1.38 bits per heavy atom. The summed E-state index contributed by atoms with van der Waals surface area (Å²) in [5.74, 6) is 0.585. The molecule has 1 atom stereocenters. The largest absolute Gasteiger partial charge is 0.497 e. The molecule has 1 fully saturated rings. The van der Waals surface area contributed by atoms with Crippen LogP contribution in [0.5, 0.6) is 5.75 Å². The molecule has 0 bridgehead atoms. The van der Waals surface area contributed by atoms with Crippen molar-refractivity contribution in [3.63, 3.8) is 0 Å². The number of nitrogens with one attached hydrogen (secondary N) is 1. The summed E-state index contributed by atoms with van der Waals surface area (Å²) in [6.07, 6.45) is 2.99. The number of aromatic nitrogens is 4. The SMILES string of the molecule is COc1ccc(-c2noc(C3(F)CCN(C(=O)c4cn[nH]c4)C3)n2)cc1. The number of methoxy groups -OCH3 is 1. The summed E-state index contributed by atoms with van der Waals surface area (Å²) >= 11 is 0. The Morgan fingerprint density at radius 2 is 2.19 bits per heavy atom. The summed E-state index contributed by atoms with van der Waals surface area (Å²) in [4.78, 5) is 17.9. The molecule has 0 spiro atoms. The summed E-state index contributed by atoms with van der Waals surface area (Å²) in [5.41, 5.74) is -0.788. The zero-order valence-corrected chi connectivity index (χ0v) is 14.0. The average molecular weight is 357 g/mol. The minimum atomic E-state index is -1.86. The number of halogens is 1. The topological polar surface area (TPSA) is 97.1 Å². The number of hydrogen-bond acceptors (Lipinski definition) is 6. The molecule has 1 aromatic carbocycles. The number of aromatic amines is 1. The van der Waals surface area contributed by atoms with Crippen LogP contribution in [0.25, 0.3) is 11.4 Å². The van der Waals surface area contributed by atoms with Gasteiger partial charge in [-0.15, -0.1) is 0 Å². The zero-order valence-electron chi connectivity index (χ0n) is 14.0. The Labute approximate surface area is 148 Å². The quantitative estimate of drug-likeness (QED) is 0.769. The summed E-state index contributed by atoms with van der Waals surface area (Å²) < 4.78 is 25.6. The van der Waals surface area contributed by atoms with E-state index in [9.17, 15) is 4.79 Å². The second-order valence-electron chi connectivity index (χ2n) is 6.08. The van der Waals surface area contributed by atoms with Gasteiger partial charge in [0.15, 0.2) is 0 Å². The first-order valence-corrected chi connectivity index (χ1v) is 8.05. The maximum Gasteiger partial charge on any atom is 0.266 e. The second kappa shape index (κ2) is 6.25. The molecule has 26 heavy (non-hydrogen) atoms. The molecule has 1 saturated heterocycles. The molecule has 0 aliphatic carbocycles. The van der Waals surface area contributed by atoms with Crippen LogP contribution in [0.4, 0.5) is 4.39 Å². The predicted molar refractivity (Wildman–Crippen MR) is 88.2 cm³/mol. The molecule has 9 heteroatoms. The van der Waals surface area contributed by atoms with Crippen LogP contribution in [-0.4, -0.2) is 51.3 Å². The summed E-state index contributed by atoms with van der Waals surface area (Å²) in [6.45, 7) is 0.127. The molecule has 3 heterocycles. The number of nitrogens with zero attached hydrogens (tertiary/aromatic N) is 4. The average Bonchev–Trinajstić information content (AvgIpc) is 3.42. The molecule has 134 valence electrons. The van der Waals surface area contributed by atoms with E-state index in [-0.39, 0.29) is 31.3 Å². The number of rotatable bonds is 4. The maximum atomic E-state index is 15.3. The Hall–Kier alpha value is -3.23. The first-order valence-electron chi connectivity index (χ1n) is 8.05. The lowest BCUT2D eigenvalue weighted by Gasteiger charge is -2.17. The number of likely N-dealkylation sites (tertiary alicyclic amines) is 1. The molecule has 1 unspecified atom stereocenters. The first kappa shape index (κ1) is 16.2. The normalized spacial score (nSPS) is 19.7. The molecule has 2 aromatic heterocycles. The minimum absolute atomic E-state index is 0.0981. The monoisotopic (exact) mass is 357 g/mol. The molecule has 0 saturated carbocycles. The van der Waals surface area contributed by atoms with Crippen molar-refractivity contribution in [2.45, 2.75) is 12.1 Å². The summed E-state index contributed by atoms with van der Waals surface area (Å²) in [6, 6.07) is 7.05. The number of alkyl halides is 1. The summed E-state index contributed by atoms with van der Waals surface area (Å²) in [7, 11) is 1.57. The Kier molecular flexibility index (Phi) is 3.90. The lowest BCUT2D eigenvalue weighted by Crippen LogP contribution is -2.32. The van der Waals surface area contributed by atoms with Gasteiger partial charge in [0.2, 0.25) is 11.5 Å². The van der Waals surface area contributed by atoms with Crippen molar-refractivity contribution in [3.8, 4) is 17.1 Å². The van der Waals surface area contributed by atoms with E-state index in [0.717, 1.165) is 0 Å². The lowest BCUT2D eigenvalue weighted by molar-refractivity contribution is 0.0717. The van der Waals surface area contributed by atoms with Gasteiger partial charge >= 0.3 is 0 Å². The number of hydrogen-bond donors (Lipinski definition) is 1. The highest BCUT2D eigenvalue weighted by Gasteiger charge is 2.46. The van der Waals surface area contributed by atoms with E-state index in [4.69, 9.17) is 9.26 Å². The highest BCUT2D eigenvalue weighted by molar-refractivity contribution is 5.93. The third-order valence-corrected chi connectivity index (χ3v) is 4.41. The molecule has 4 rings (SSSR count). The molecular weight excluding hydrogens is 341 g/mol. The fourth-order valence-corrected chi connectivity index (χ4v) is 2.93. The van der Waals surface area contributed by atoms with E-state index in [2.05, 4.69) is 20.3 Å². The number of amides is 1. The molecule has 1 aliphatic heterocycles. The molecule has 1 amide bonds. The van der Waals surface area contributed by atoms with E-state index < -0.39 is 5.67 Å². The van der Waals surface area contributed by atoms with Crippen LogP contribution in [0.2, 0.25) is 0 Å². The minimum Gasteiger partial charge on any atom is -0.497 e. The van der Waals surface area contributed by atoms with Crippen LogP contribution in [0.3, 0.4) is 0 Å². The first-order chi connectivity index (χ1) is 12.6. The molecule has 8 nitrogen and oxygen atoms in total. The second-order valence-corrected chi connectivity index (χ2v) is 6.08. The van der Waals surface area contributed by atoms with Crippen molar-refractivity contribution in [3.05, 3.63) is 48.1 Å². The zero-order chi connectivity index (χ0) is 18.1. The van der Waals surface area contributed by atoms with Crippen molar-refractivity contribution in [2.75, 3.05) is 20.2 Å². The Bertz CT molecular complexity index is 909. The van der Waals surface area contributed by atoms with Gasteiger partial charge in [-0.05, 0) is 24.3 Å². The van der Waals surface area contributed by atoms with E-state index in [1.165, 1.54) is 17.3 Å². The van der Waals surface area contributed by atoms with Crippen LogP contribution in [-0.2, 0) is 5.67 Å². The van der Waals surface area contributed by atoms with Gasteiger partial charge in [0.05, 0.1) is 25.4 Å². The van der Waals surface area contributed by atoms with E-state index in [1.807, 2.05) is 0 Å². The van der Waals surface area contributed by atoms with Gasteiger partial charge in [-0.25, -0.2) is 4.39 Å². The number of carbonyl (C=O) groups excluding carboxylic acids is 1. The van der Waals surface area contributed by atoms with Crippen LogP contribution in [0.1, 0.15) is 22.7 Å². The Balaban J connectivity index is 1.52. The van der Waals surface area contributed by atoms with E-state index in [0.29, 0.717) is 22.7 Å².